The van der Waals surface area contributed by atoms with Gasteiger partial charge in [-0.25, -0.2) is 0 Å². The van der Waals surface area contributed by atoms with Crippen LogP contribution >= 0.6 is 0 Å². The molecule has 0 bridgehead atoms. The predicted molar refractivity (Wildman–Crippen MR) is 119 cm³/mol. The number of halogens is 3. The largest absolute Gasteiger partial charge is 0.598 e. The minimum atomic E-state index is -4.72. The Balaban J connectivity index is 1.31. The summed E-state index contributed by atoms with van der Waals surface area (Å²) in [6.45, 7) is 3.06. The Hall–Kier alpha value is -2.05. The molecule has 2 atom stereocenters. The number of piperidine rings is 1. The highest BCUT2D eigenvalue weighted by Gasteiger charge is 2.39. The van der Waals surface area contributed by atoms with Crippen molar-refractivity contribution < 1.29 is 32.0 Å². The third-order valence-corrected chi connectivity index (χ3v) is 7.38. The molecule has 4 rings (SSSR count). The molecule has 1 fully saturated rings. The van der Waals surface area contributed by atoms with Crippen LogP contribution in [0.3, 0.4) is 0 Å². The fourth-order valence-electron chi connectivity index (χ4n) is 4.34. The van der Waals surface area contributed by atoms with Crippen LogP contribution in [-0.4, -0.2) is 51.0 Å². The second kappa shape index (κ2) is 10.3. The maximum Gasteiger partial charge on any atom is 0.418 e. The van der Waals surface area contributed by atoms with Gasteiger partial charge >= 0.3 is 6.18 Å². The molecule has 0 amide bonds. The molecular formula is C23H27F3N2O5S. The molecule has 1 saturated heterocycles. The molecule has 1 N–H and O–H groups in total. The van der Waals surface area contributed by atoms with Crippen LogP contribution in [0.5, 0.6) is 5.75 Å². The van der Waals surface area contributed by atoms with Gasteiger partial charge in [-0.15, -0.1) is 4.31 Å². The highest BCUT2D eigenvalue weighted by molar-refractivity contribution is 7.88. The monoisotopic (exact) mass is 500 g/mol. The maximum atomic E-state index is 12.8. The van der Waals surface area contributed by atoms with Crippen molar-refractivity contribution in [1.29, 1.82) is 0 Å². The molecular weight excluding hydrogens is 473 g/mol. The van der Waals surface area contributed by atoms with E-state index in [4.69, 9.17) is 9.15 Å². The van der Waals surface area contributed by atoms with Gasteiger partial charge in [-0.3, -0.25) is 9.69 Å². The van der Waals surface area contributed by atoms with Crippen LogP contribution in [0.4, 0.5) is 13.2 Å². The summed E-state index contributed by atoms with van der Waals surface area (Å²) in [5.74, 6) is 0.850. The van der Waals surface area contributed by atoms with E-state index in [2.05, 4.69) is 0 Å². The molecule has 2 aromatic rings. The lowest BCUT2D eigenvalue weighted by molar-refractivity contribution is -0.206. The first-order valence-corrected chi connectivity index (χ1v) is 12.5. The standard InChI is InChI=1S/C23H27F3N2O5S/c1-34(31)28-6-4-15(5-7-28)13-33-21-14-32-19(9-20(21)29)12-27-10-17-3-2-16(8-18(17)11-27)22(30)23(24,25)26/h2-3,8-9,14-15,22,30H,4-7,10-13H2,1H3. The Labute approximate surface area is 198 Å². The number of benzene rings is 1. The fourth-order valence-corrected chi connectivity index (χ4v) is 5.07. The number of hydrogen-bond donors (Lipinski definition) is 1. The number of nitrogens with zero attached hydrogens (tertiary/aromatic N) is 2. The van der Waals surface area contributed by atoms with Crippen molar-refractivity contribution in [2.75, 3.05) is 26.0 Å². The average molecular weight is 501 g/mol. The Morgan fingerprint density at radius 2 is 1.94 bits per heavy atom. The number of aliphatic hydroxyl groups excluding tert-OH is 1. The molecule has 2 aliphatic rings. The zero-order valence-corrected chi connectivity index (χ0v) is 19.5. The summed E-state index contributed by atoms with van der Waals surface area (Å²) in [6.07, 6.45) is -2.57. The predicted octanol–water partition coefficient (Wildman–Crippen LogP) is 3.14. The van der Waals surface area contributed by atoms with Crippen molar-refractivity contribution in [1.82, 2.24) is 9.21 Å². The van der Waals surface area contributed by atoms with Crippen LogP contribution in [0.2, 0.25) is 0 Å². The number of rotatable bonds is 7. The van der Waals surface area contributed by atoms with Gasteiger partial charge in [0, 0.05) is 43.6 Å². The molecule has 0 spiro atoms. The molecule has 2 aliphatic heterocycles. The van der Waals surface area contributed by atoms with Crippen molar-refractivity contribution in [3.63, 3.8) is 0 Å². The van der Waals surface area contributed by atoms with E-state index in [1.165, 1.54) is 24.5 Å². The molecule has 0 radical (unpaired) electrons. The van der Waals surface area contributed by atoms with E-state index in [0.29, 0.717) is 37.6 Å². The van der Waals surface area contributed by atoms with Gasteiger partial charge in [0.1, 0.15) is 18.3 Å². The van der Waals surface area contributed by atoms with Crippen molar-refractivity contribution >= 4 is 11.4 Å². The van der Waals surface area contributed by atoms with Gasteiger partial charge in [-0.05, 0) is 35.4 Å². The summed E-state index contributed by atoms with van der Waals surface area (Å²) in [5, 5.41) is 9.49. The number of alkyl halides is 3. The van der Waals surface area contributed by atoms with E-state index in [1.807, 2.05) is 9.21 Å². The van der Waals surface area contributed by atoms with Crippen LogP contribution in [-0.2, 0) is 31.0 Å². The van der Waals surface area contributed by atoms with E-state index in [-0.39, 0.29) is 22.7 Å². The van der Waals surface area contributed by atoms with E-state index in [1.54, 1.807) is 12.3 Å². The Morgan fingerprint density at radius 3 is 2.59 bits per heavy atom. The first-order valence-electron chi connectivity index (χ1n) is 11.0. The van der Waals surface area contributed by atoms with Gasteiger partial charge in [0.25, 0.3) is 0 Å². The number of fused-ring (bicyclic) bond motifs is 1. The van der Waals surface area contributed by atoms with Crippen LogP contribution in [0, 0.1) is 5.92 Å². The van der Waals surface area contributed by atoms with Gasteiger partial charge in [0.15, 0.2) is 6.10 Å². The third kappa shape index (κ3) is 5.95. The van der Waals surface area contributed by atoms with Gasteiger partial charge in [-0.1, -0.05) is 18.2 Å². The molecule has 1 aromatic heterocycles. The van der Waals surface area contributed by atoms with Crippen molar-refractivity contribution in [3.05, 3.63) is 63.2 Å². The molecule has 0 aliphatic carbocycles. The minimum Gasteiger partial charge on any atom is -0.598 e. The molecule has 2 unspecified atom stereocenters. The van der Waals surface area contributed by atoms with Crippen molar-refractivity contribution in [3.8, 4) is 5.75 Å². The topological polar surface area (TPSA) is 89.2 Å². The summed E-state index contributed by atoms with van der Waals surface area (Å²) in [4.78, 5) is 14.4. The molecule has 186 valence electrons. The number of hydrogen-bond acceptors (Lipinski definition) is 7. The Kier molecular flexibility index (Phi) is 7.58. The summed E-state index contributed by atoms with van der Waals surface area (Å²) < 4.78 is 63.1. The fraction of sp³-hybridized carbons (Fsp3) is 0.522. The van der Waals surface area contributed by atoms with Crippen LogP contribution in [0.1, 0.15) is 41.4 Å². The third-order valence-electron chi connectivity index (χ3n) is 6.29. The first kappa shape index (κ1) is 25.1. The van der Waals surface area contributed by atoms with E-state index < -0.39 is 23.6 Å². The molecule has 3 heterocycles. The second-order valence-corrected chi connectivity index (χ2v) is 10.2. The molecule has 11 heteroatoms. The summed E-state index contributed by atoms with van der Waals surface area (Å²) in [7, 11) is 0. The number of aliphatic hydroxyl groups is 1. The summed E-state index contributed by atoms with van der Waals surface area (Å²) in [6, 6.07) is 5.64. The van der Waals surface area contributed by atoms with E-state index in [0.717, 1.165) is 31.5 Å². The minimum absolute atomic E-state index is 0.140. The lowest BCUT2D eigenvalue weighted by Crippen LogP contribution is -2.39. The van der Waals surface area contributed by atoms with E-state index in [9.17, 15) is 27.6 Å². The molecule has 34 heavy (non-hydrogen) atoms. The Bertz CT molecular complexity index is 1050. The smallest absolute Gasteiger partial charge is 0.418 e. The molecule has 1 aromatic carbocycles. The van der Waals surface area contributed by atoms with Gasteiger partial charge < -0.3 is 18.8 Å². The molecule has 0 saturated carbocycles. The average Bonchev–Trinajstić information content (AvgIpc) is 3.19. The zero-order valence-electron chi connectivity index (χ0n) is 18.7. The quantitative estimate of drug-likeness (QED) is 0.585. The van der Waals surface area contributed by atoms with Crippen LogP contribution in [0.25, 0.3) is 0 Å². The van der Waals surface area contributed by atoms with Crippen LogP contribution in [0.15, 0.2) is 39.7 Å². The second-order valence-electron chi connectivity index (χ2n) is 8.80. The summed E-state index contributed by atoms with van der Waals surface area (Å²) >= 11 is -0.968. The van der Waals surface area contributed by atoms with Gasteiger partial charge in [-0.2, -0.15) is 13.2 Å². The highest BCUT2D eigenvalue weighted by Crippen LogP contribution is 2.35. The van der Waals surface area contributed by atoms with Crippen molar-refractivity contribution in [2.45, 2.75) is 44.8 Å². The van der Waals surface area contributed by atoms with Crippen molar-refractivity contribution in [2.24, 2.45) is 5.92 Å². The Morgan fingerprint density at radius 1 is 1.24 bits per heavy atom. The number of ether oxygens (including phenoxy) is 1. The lowest BCUT2D eigenvalue weighted by Gasteiger charge is -2.30. The maximum absolute atomic E-state index is 12.8. The van der Waals surface area contributed by atoms with Gasteiger partial charge in [0.2, 0.25) is 11.2 Å². The lowest BCUT2D eigenvalue weighted by atomic mass is 9.99. The molecule has 7 nitrogen and oxygen atoms in total. The first-order chi connectivity index (χ1) is 16.1. The van der Waals surface area contributed by atoms with Gasteiger partial charge in [0.05, 0.1) is 13.2 Å². The zero-order chi connectivity index (χ0) is 24.5. The summed E-state index contributed by atoms with van der Waals surface area (Å²) in [5.41, 5.74) is 1.11. The van der Waals surface area contributed by atoms with E-state index >= 15 is 0 Å². The SMILES string of the molecule is C[S+]([O-])N1CCC(COc2coc(CN3Cc4ccc(C(O)C(F)(F)F)cc4C3)cc2=O)CC1. The normalized spacial score (nSPS) is 19.7. The van der Waals surface area contributed by atoms with Crippen LogP contribution < -0.4 is 10.2 Å². The highest BCUT2D eigenvalue weighted by atomic mass is 32.2.